The molecule has 2 rings (SSSR count). The van der Waals surface area contributed by atoms with E-state index >= 15 is 0 Å². The third-order valence-electron chi connectivity index (χ3n) is 3.55. The van der Waals surface area contributed by atoms with Crippen LogP contribution in [0, 0.1) is 0 Å². The fraction of sp³-hybridized carbons (Fsp3) is 0.467. The minimum absolute atomic E-state index is 0.0263. The number of carbonyl (C=O) groups is 2. The van der Waals surface area contributed by atoms with Gasteiger partial charge in [0.25, 0.3) is 0 Å². The number of aliphatic hydroxyl groups excluding tert-OH is 2. The van der Waals surface area contributed by atoms with Crippen LogP contribution >= 0.6 is 0 Å². The summed E-state index contributed by atoms with van der Waals surface area (Å²) in [5.74, 6) is -0.187. The standard InChI is InChI=1S/C15H19NO4/c1-9(17)16-8-14(19)15(20)11-6-5-10-3-2-4-13(18)12(10)7-11/h5-7,14-15,19-20H,2-4,8H2,1H3,(H,16,17). The van der Waals surface area contributed by atoms with Crippen molar-refractivity contribution in [2.75, 3.05) is 6.54 Å². The van der Waals surface area contributed by atoms with Gasteiger partial charge in [0.1, 0.15) is 12.2 Å². The van der Waals surface area contributed by atoms with Gasteiger partial charge in [-0.05, 0) is 30.0 Å². The molecule has 0 radical (unpaired) electrons. The molecule has 1 aliphatic carbocycles. The van der Waals surface area contributed by atoms with E-state index in [4.69, 9.17) is 0 Å². The molecule has 0 bridgehead atoms. The van der Waals surface area contributed by atoms with E-state index < -0.39 is 12.2 Å². The molecular weight excluding hydrogens is 258 g/mol. The molecule has 1 aromatic carbocycles. The smallest absolute Gasteiger partial charge is 0.216 e. The molecule has 0 saturated carbocycles. The SMILES string of the molecule is CC(=O)NCC(O)C(O)c1ccc2c(c1)C(=O)CCC2. The molecule has 0 heterocycles. The highest BCUT2D eigenvalue weighted by Crippen LogP contribution is 2.26. The largest absolute Gasteiger partial charge is 0.388 e. The van der Waals surface area contributed by atoms with Crippen LogP contribution in [0.3, 0.4) is 0 Å². The third kappa shape index (κ3) is 3.23. The lowest BCUT2D eigenvalue weighted by atomic mass is 9.88. The second-order valence-corrected chi connectivity index (χ2v) is 5.14. The molecule has 1 aliphatic rings. The number of rotatable bonds is 4. The highest BCUT2D eigenvalue weighted by molar-refractivity contribution is 5.98. The van der Waals surface area contributed by atoms with Gasteiger partial charge in [-0.1, -0.05) is 12.1 Å². The van der Waals surface area contributed by atoms with Gasteiger partial charge in [0.2, 0.25) is 5.91 Å². The second kappa shape index (κ2) is 6.15. The molecule has 0 spiro atoms. The number of amides is 1. The minimum Gasteiger partial charge on any atom is -0.388 e. The van der Waals surface area contributed by atoms with Gasteiger partial charge in [0.15, 0.2) is 5.78 Å². The Morgan fingerprint density at radius 3 is 2.80 bits per heavy atom. The molecule has 0 saturated heterocycles. The van der Waals surface area contributed by atoms with Gasteiger partial charge in [-0.25, -0.2) is 0 Å². The Kier molecular flexibility index (Phi) is 4.52. The van der Waals surface area contributed by atoms with Gasteiger partial charge in [0, 0.05) is 25.5 Å². The minimum atomic E-state index is -1.12. The average Bonchev–Trinajstić information content (AvgIpc) is 2.44. The van der Waals surface area contributed by atoms with Gasteiger partial charge >= 0.3 is 0 Å². The van der Waals surface area contributed by atoms with E-state index in [9.17, 15) is 19.8 Å². The molecule has 0 fully saturated rings. The van der Waals surface area contributed by atoms with Gasteiger partial charge in [-0.2, -0.15) is 0 Å². The zero-order chi connectivity index (χ0) is 14.7. The summed E-state index contributed by atoms with van der Waals surface area (Å²) in [5.41, 5.74) is 2.13. The summed E-state index contributed by atoms with van der Waals surface area (Å²) in [7, 11) is 0. The van der Waals surface area contributed by atoms with Crippen molar-refractivity contribution in [1.29, 1.82) is 0 Å². The summed E-state index contributed by atoms with van der Waals surface area (Å²) in [6.07, 6.45) is 0.0312. The van der Waals surface area contributed by atoms with Crippen LogP contribution in [0.2, 0.25) is 0 Å². The van der Waals surface area contributed by atoms with Crippen LogP contribution in [-0.2, 0) is 11.2 Å². The molecule has 5 nitrogen and oxygen atoms in total. The van der Waals surface area contributed by atoms with Crippen molar-refractivity contribution in [3.63, 3.8) is 0 Å². The lowest BCUT2D eigenvalue weighted by Crippen LogP contribution is -2.34. The van der Waals surface area contributed by atoms with Crippen molar-refractivity contribution < 1.29 is 19.8 Å². The van der Waals surface area contributed by atoms with E-state index in [-0.39, 0.29) is 18.2 Å². The summed E-state index contributed by atoms with van der Waals surface area (Å²) in [4.78, 5) is 22.6. The maximum atomic E-state index is 11.8. The first-order chi connectivity index (χ1) is 9.49. The molecule has 2 unspecified atom stereocenters. The number of ketones is 1. The van der Waals surface area contributed by atoms with Gasteiger partial charge in [-0.15, -0.1) is 0 Å². The van der Waals surface area contributed by atoms with Crippen LogP contribution in [0.5, 0.6) is 0 Å². The Balaban J connectivity index is 2.14. The predicted molar refractivity (Wildman–Crippen MR) is 73.4 cm³/mol. The maximum absolute atomic E-state index is 11.8. The number of hydrogen-bond acceptors (Lipinski definition) is 4. The number of benzene rings is 1. The fourth-order valence-electron chi connectivity index (χ4n) is 2.41. The van der Waals surface area contributed by atoms with Crippen LogP contribution in [0.25, 0.3) is 0 Å². The van der Waals surface area contributed by atoms with Crippen molar-refractivity contribution in [1.82, 2.24) is 5.32 Å². The summed E-state index contributed by atoms with van der Waals surface area (Å²) in [6.45, 7) is 1.32. The molecule has 3 N–H and O–H groups in total. The summed E-state index contributed by atoms with van der Waals surface area (Å²) in [5, 5.41) is 22.4. The van der Waals surface area contributed by atoms with Crippen molar-refractivity contribution in [2.24, 2.45) is 0 Å². The Morgan fingerprint density at radius 2 is 2.10 bits per heavy atom. The molecule has 0 aromatic heterocycles. The van der Waals surface area contributed by atoms with Crippen LogP contribution in [0.1, 0.15) is 47.4 Å². The van der Waals surface area contributed by atoms with E-state index in [1.165, 1.54) is 6.92 Å². The molecule has 20 heavy (non-hydrogen) atoms. The first-order valence-corrected chi connectivity index (χ1v) is 6.75. The number of nitrogens with one attached hydrogen (secondary N) is 1. The van der Waals surface area contributed by atoms with Gasteiger partial charge in [0.05, 0.1) is 0 Å². The highest BCUT2D eigenvalue weighted by atomic mass is 16.3. The Morgan fingerprint density at radius 1 is 1.35 bits per heavy atom. The zero-order valence-corrected chi connectivity index (χ0v) is 11.4. The molecular formula is C15H19NO4. The number of carbonyl (C=O) groups excluding carboxylic acids is 2. The summed E-state index contributed by atoms with van der Waals surface area (Å²) in [6, 6.07) is 5.20. The Hall–Kier alpha value is -1.72. The zero-order valence-electron chi connectivity index (χ0n) is 11.4. The van der Waals surface area contributed by atoms with Crippen molar-refractivity contribution >= 4 is 11.7 Å². The van der Waals surface area contributed by atoms with Crippen molar-refractivity contribution in [3.8, 4) is 0 Å². The lowest BCUT2D eigenvalue weighted by Gasteiger charge is -2.21. The molecule has 1 aromatic rings. The van der Waals surface area contributed by atoms with E-state index in [1.807, 2.05) is 6.07 Å². The quantitative estimate of drug-likeness (QED) is 0.757. The molecule has 5 heteroatoms. The van der Waals surface area contributed by atoms with Gasteiger partial charge < -0.3 is 15.5 Å². The number of hydrogen-bond donors (Lipinski definition) is 3. The first kappa shape index (κ1) is 14.7. The monoisotopic (exact) mass is 277 g/mol. The second-order valence-electron chi connectivity index (χ2n) is 5.14. The Labute approximate surface area is 117 Å². The van der Waals surface area contributed by atoms with E-state index in [0.29, 0.717) is 17.5 Å². The average molecular weight is 277 g/mol. The fourth-order valence-corrected chi connectivity index (χ4v) is 2.41. The summed E-state index contributed by atoms with van der Waals surface area (Å²) >= 11 is 0. The molecule has 1 amide bonds. The van der Waals surface area contributed by atoms with Crippen LogP contribution < -0.4 is 5.32 Å². The maximum Gasteiger partial charge on any atom is 0.216 e. The lowest BCUT2D eigenvalue weighted by molar-refractivity contribution is -0.119. The highest BCUT2D eigenvalue weighted by Gasteiger charge is 2.22. The van der Waals surface area contributed by atoms with Crippen LogP contribution in [0.15, 0.2) is 18.2 Å². The number of fused-ring (bicyclic) bond motifs is 1. The van der Waals surface area contributed by atoms with E-state index in [2.05, 4.69) is 5.32 Å². The van der Waals surface area contributed by atoms with E-state index in [1.54, 1.807) is 12.1 Å². The number of aryl methyl sites for hydroxylation is 1. The van der Waals surface area contributed by atoms with Crippen LogP contribution in [-0.4, -0.2) is 34.6 Å². The molecule has 108 valence electrons. The topological polar surface area (TPSA) is 86.6 Å². The van der Waals surface area contributed by atoms with E-state index in [0.717, 1.165) is 18.4 Å². The van der Waals surface area contributed by atoms with Crippen molar-refractivity contribution in [3.05, 3.63) is 34.9 Å². The normalized spacial score (nSPS) is 17.2. The number of aliphatic hydroxyl groups is 2. The number of Topliss-reactive ketones (excluding diaryl/α,β-unsaturated/α-hetero) is 1. The Bertz CT molecular complexity index is 527. The first-order valence-electron chi connectivity index (χ1n) is 6.75. The predicted octanol–water partition coefficient (Wildman–Crippen LogP) is 0.736. The molecule has 0 aliphatic heterocycles. The van der Waals surface area contributed by atoms with Gasteiger partial charge in [-0.3, -0.25) is 9.59 Å². The molecule has 2 atom stereocenters. The third-order valence-corrected chi connectivity index (χ3v) is 3.55. The van der Waals surface area contributed by atoms with Crippen molar-refractivity contribution in [2.45, 2.75) is 38.4 Å². The van der Waals surface area contributed by atoms with Crippen LogP contribution in [0.4, 0.5) is 0 Å². The summed E-state index contributed by atoms with van der Waals surface area (Å²) < 4.78 is 0.